The van der Waals surface area contributed by atoms with Crippen LogP contribution in [0.15, 0.2) is 36.4 Å². The average molecular weight is 382 g/mol. The lowest BCUT2D eigenvalue weighted by Gasteiger charge is -2.37. The molecule has 0 saturated carbocycles. The predicted molar refractivity (Wildman–Crippen MR) is 114 cm³/mol. The Hall–Kier alpha value is -2.37. The average Bonchev–Trinajstić information content (AvgIpc) is 2.68. The minimum Gasteiger partial charge on any atom is -0.496 e. The Morgan fingerprint density at radius 2 is 1.82 bits per heavy atom. The summed E-state index contributed by atoms with van der Waals surface area (Å²) in [7, 11) is 5.95. The van der Waals surface area contributed by atoms with Crippen molar-refractivity contribution in [2.24, 2.45) is 0 Å². The van der Waals surface area contributed by atoms with Crippen LogP contribution in [0.1, 0.15) is 21.5 Å². The molecule has 2 aromatic carbocycles. The first-order chi connectivity index (χ1) is 13.4. The molecule has 28 heavy (non-hydrogen) atoms. The van der Waals surface area contributed by atoms with Gasteiger partial charge in [0.25, 0.3) is 5.91 Å². The van der Waals surface area contributed by atoms with Gasteiger partial charge in [-0.15, -0.1) is 0 Å². The fourth-order valence-corrected chi connectivity index (χ4v) is 3.91. The van der Waals surface area contributed by atoms with E-state index in [1.807, 2.05) is 38.1 Å². The zero-order valence-electron chi connectivity index (χ0n) is 17.6. The minimum absolute atomic E-state index is 0.0227. The highest BCUT2D eigenvalue weighted by atomic mass is 16.5. The Morgan fingerprint density at radius 1 is 1.11 bits per heavy atom. The summed E-state index contributed by atoms with van der Waals surface area (Å²) in [5.74, 6) is 0.893. The lowest BCUT2D eigenvalue weighted by atomic mass is 9.98. The molecule has 1 unspecified atom stereocenters. The monoisotopic (exact) mass is 381 g/mol. The molecule has 3 rings (SSSR count). The molecular weight excluding hydrogens is 350 g/mol. The molecule has 1 aliphatic rings. The third-order valence-corrected chi connectivity index (χ3v) is 5.60. The second-order valence-corrected chi connectivity index (χ2v) is 7.83. The number of piperazine rings is 1. The first-order valence-electron chi connectivity index (χ1n) is 9.81. The number of carbonyl (C=O) groups excluding carboxylic acids is 1. The summed E-state index contributed by atoms with van der Waals surface area (Å²) in [6, 6.07) is 12.4. The van der Waals surface area contributed by atoms with Gasteiger partial charge in [-0.1, -0.05) is 12.1 Å². The van der Waals surface area contributed by atoms with Crippen LogP contribution in [0.2, 0.25) is 0 Å². The summed E-state index contributed by atoms with van der Waals surface area (Å²) >= 11 is 0. The molecule has 0 aromatic heterocycles. The molecule has 1 heterocycles. The number of hydrogen-bond acceptors (Lipinski definition) is 4. The molecule has 5 heteroatoms. The smallest absolute Gasteiger partial charge is 0.251 e. The van der Waals surface area contributed by atoms with Crippen LogP contribution in [0.3, 0.4) is 0 Å². The van der Waals surface area contributed by atoms with Crippen molar-refractivity contribution in [3.05, 3.63) is 53.1 Å². The van der Waals surface area contributed by atoms with Crippen LogP contribution in [0, 0.1) is 13.8 Å². The van der Waals surface area contributed by atoms with Crippen molar-refractivity contribution >= 4 is 5.91 Å². The van der Waals surface area contributed by atoms with E-state index in [0.29, 0.717) is 18.2 Å². The maximum absolute atomic E-state index is 12.7. The minimum atomic E-state index is -0.0227. The number of ether oxygens (including phenoxy) is 1. The number of aryl methyl sites for hydroxylation is 2. The van der Waals surface area contributed by atoms with E-state index in [4.69, 9.17) is 4.74 Å². The van der Waals surface area contributed by atoms with Crippen molar-refractivity contribution in [3.8, 4) is 16.9 Å². The second kappa shape index (κ2) is 8.76. The standard InChI is InChI=1S/C23H31N3O2/c1-16-11-20(12-17(2)22(16)28-5)18-7-6-8-19(13-18)23(27)24-14-21-15-25(3)9-10-26(21)4/h6-8,11-13,21H,9-10,14-15H2,1-5H3,(H,24,27). The molecule has 1 atom stereocenters. The van der Waals surface area contributed by atoms with Crippen LogP contribution in [0.25, 0.3) is 11.1 Å². The number of nitrogens with one attached hydrogen (secondary N) is 1. The third-order valence-electron chi connectivity index (χ3n) is 5.60. The van der Waals surface area contributed by atoms with Gasteiger partial charge in [-0.25, -0.2) is 0 Å². The van der Waals surface area contributed by atoms with Gasteiger partial charge < -0.3 is 15.0 Å². The Labute approximate surface area is 168 Å². The van der Waals surface area contributed by atoms with E-state index in [1.54, 1.807) is 7.11 Å². The van der Waals surface area contributed by atoms with Gasteiger partial charge >= 0.3 is 0 Å². The molecule has 0 bridgehead atoms. The first kappa shape index (κ1) is 20.4. The highest BCUT2D eigenvalue weighted by molar-refractivity contribution is 5.95. The molecular formula is C23H31N3O2. The van der Waals surface area contributed by atoms with E-state index < -0.39 is 0 Å². The van der Waals surface area contributed by atoms with E-state index in [2.05, 4.69) is 41.3 Å². The number of carbonyl (C=O) groups is 1. The van der Waals surface area contributed by atoms with Gasteiger partial charge in [-0.3, -0.25) is 9.69 Å². The van der Waals surface area contributed by atoms with Crippen molar-refractivity contribution in [2.75, 3.05) is 47.4 Å². The van der Waals surface area contributed by atoms with Gasteiger partial charge in [-0.2, -0.15) is 0 Å². The van der Waals surface area contributed by atoms with E-state index in [1.165, 1.54) is 0 Å². The summed E-state index contributed by atoms with van der Waals surface area (Å²) in [5.41, 5.74) is 5.01. The normalized spacial score (nSPS) is 18.1. The van der Waals surface area contributed by atoms with Crippen LogP contribution in [0.5, 0.6) is 5.75 Å². The second-order valence-electron chi connectivity index (χ2n) is 7.83. The fourth-order valence-electron chi connectivity index (χ4n) is 3.91. The van der Waals surface area contributed by atoms with Crippen LogP contribution < -0.4 is 10.1 Å². The highest BCUT2D eigenvalue weighted by Gasteiger charge is 2.22. The Bertz CT molecular complexity index is 826. The van der Waals surface area contributed by atoms with Crippen molar-refractivity contribution in [3.63, 3.8) is 0 Å². The maximum atomic E-state index is 12.7. The SMILES string of the molecule is COc1c(C)cc(-c2cccc(C(=O)NCC3CN(C)CCN3C)c2)cc1C. The summed E-state index contributed by atoms with van der Waals surface area (Å²) in [6.45, 7) is 7.82. The van der Waals surface area contributed by atoms with Gasteiger partial charge in [-0.05, 0) is 74.5 Å². The number of rotatable bonds is 5. The van der Waals surface area contributed by atoms with Crippen LogP contribution in [-0.4, -0.2) is 69.1 Å². The van der Waals surface area contributed by atoms with Crippen molar-refractivity contribution in [1.29, 1.82) is 0 Å². The Morgan fingerprint density at radius 3 is 2.50 bits per heavy atom. The largest absolute Gasteiger partial charge is 0.496 e. The molecule has 1 saturated heterocycles. The van der Waals surface area contributed by atoms with Gasteiger partial charge in [0.1, 0.15) is 5.75 Å². The highest BCUT2D eigenvalue weighted by Crippen LogP contribution is 2.30. The quantitative estimate of drug-likeness (QED) is 0.865. The Kier molecular flexibility index (Phi) is 6.37. The van der Waals surface area contributed by atoms with Gasteiger partial charge in [0.2, 0.25) is 0 Å². The summed E-state index contributed by atoms with van der Waals surface area (Å²) < 4.78 is 5.46. The zero-order valence-corrected chi connectivity index (χ0v) is 17.6. The summed E-state index contributed by atoms with van der Waals surface area (Å²) in [5, 5.41) is 3.11. The van der Waals surface area contributed by atoms with Crippen LogP contribution >= 0.6 is 0 Å². The first-order valence-corrected chi connectivity index (χ1v) is 9.81. The Balaban J connectivity index is 1.73. The summed E-state index contributed by atoms with van der Waals surface area (Å²) in [4.78, 5) is 17.4. The van der Waals surface area contributed by atoms with E-state index in [9.17, 15) is 4.79 Å². The zero-order chi connectivity index (χ0) is 20.3. The molecule has 5 nitrogen and oxygen atoms in total. The third kappa shape index (κ3) is 4.54. The molecule has 150 valence electrons. The number of likely N-dealkylation sites (N-methyl/N-ethyl adjacent to an activating group) is 2. The predicted octanol–water partition coefficient (Wildman–Crippen LogP) is 2.95. The van der Waals surface area contributed by atoms with Gasteiger partial charge in [0.15, 0.2) is 0 Å². The van der Waals surface area contributed by atoms with Crippen molar-refractivity contribution in [2.45, 2.75) is 19.9 Å². The fraction of sp³-hybridized carbons (Fsp3) is 0.435. The topological polar surface area (TPSA) is 44.8 Å². The van der Waals surface area contributed by atoms with Crippen LogP contribution in [0.4, 0.5) is 0 Å². The van der Waals surface area contributed by atoms with Crippen molar-refractivity contribution in [1.82, 2.24) is 15.1 Å². The molecule has 0 radical (unpaired) electrons. The van der Waals surface area contributed by atoms with E-state index in [0.717, 1.165) is 47.6 Å². The van der Waals surface area contributed by atoms with Gasteiger partial charge in [0.05, 0.1) is 7.11 Å². The molecule has 1 N–H and O–H groups in total. The number of benzene rings is 2. The maximum Gasteiger partial charge on any atom is 0.251 e. The molecule has 2 aromatic rings. The molecule has 0 aliphatic carbocycles. The summed E-state index contributed by atoms with van der Waals surface area (Å²) in [6.07, 6.45) is 0. The number of methoxy groups -OCH3 is 1. The molecule has 0 spiro atoms. The lowest BCUT2D eigenvalue weighted by Crippen LogP contribution is -2.54. The van der Waals surface area contributed by atoms with E-state index >= 15 is 0 Å². The number of amides is 1. The number of nitrogens with zero attached hydrogens (tertiary/aromatic N) is 2. The molecule has 1 aliphatic heterocycles. The number of hydrogen-bond donors (Lipinski definition) is 1. The lowest BCUT2D eigenvalue weighted by molar-refractivity contribution is 0.0881. The van der Waals surface area contributed by atoms with Gasteiger partial charge in [0, 0.05) is 37.8 Å². The molecule has 1 fully saturated rings. The van der Waals surface area contributed by atoms with Crippen molar-refractivity contribution < 1.29 is 9.53 Å². The van der Waals surface area contributed by atoms with E-state index in [-0.39, 0.29) is 5.91 Å². The van der Waals surface area contributed by atoms with Crippen LogP contribution in [-0.2, 0) is 0 Å². The molecule has 1 amide bonds.